The van der Waals surface area contributed by atoms with E-state index in [0.29, 0.717) is 24.8 Å². The molecule has 0 aliphatic rings. The molecule has 1 rings (SSSR count). The predicted molar refractivity (Wildman–Crippen MR) is 69.0 cm³/mol. The molecule has 0 atom stereocenters. The SMILES string of the molecule is CC(C)COc1ccccc1C#CCCCl. The number of halogens is 1. The van der Waals surface area contributed by atoms with E-state index in [-0.39, 0.29) is 0 Å². The number of benzene rings is 1. The maximum Gasteiger partial charge on any atom is 0.134 e. The summed E-state index contributed by atoms with van der Waals surface area (Å²) in [6.45, 7) is 4.97. The van der Waals surface area contributed by atoms with E-state index in [4.69, 9.17) is 16.3 Å². The summed E-state index contributed by atoms with van der Waals surface area (Å²) in [4.78, 5) is 0. The molecule has 0 unspecified atom stereocenters. The minimum Gasteiger partial charge on any atom is -0.492 e. The van der Waals surface area contributed by atoms with Crippen LogP contribution in [0.25, 0.3) is 0 Å². The van der Waals surface area contributed by atoms with Crippen LogP contribution in [-0.4, -0.2) is 12.5 Å². The number of rotatable bonds is 4. The summed E-state index contributed by atoms with van der Waals surface area (Å²) < 4.78 is 5.69. The van der Waals surface area contributed by atoms with Gasteiger partial charge in [0.1, 0.15) is 5.75 Å². The third-order valence-corrected chi connectivity index (χ3v) is 2.09. The first kappa shape index (κ1) is 12.9. The van der Waals surface area contributed by atoms with Gasteiger partial charge in [-0.05, 0) is 18.1 Å². The van der Waals surface area contributed by atoms with Gasteiger partial charge < -0.3 is 4.74 Å². The van der Waals surface area contributed by atoms with Crippen LogP contribution in [-0.2, 0) is 0 Å². The van der Waals surface area contributed by atoms with Gasteiger partial charge in [-0.25, -0.2) is 0 Å². The van der Waals surface area contributed by atoms with Crippen molar-refractivity contribution in [3.8, 4) is 17.6 Å². The lowest BCUT2D eigenvalue weighted by Crippen LogP contribution is -2.05. The third-order valence-electron chi connectivity index (χ3n) is 1.90. The number of alkyl halides is 1. The Morgan fingerprint density at radius 1 is 1.31 bits per heavy atom. The van der Waals surface area contributed by atoms with Crippen LogP contribution in [0.15, 0.2) is 24.3 Å². The van der Waals surface area contributed by atoms with Crippen molar-refractivity contribution < 1.29 is 4.74 Å². The molecule has 0 spiro atoms. The van der Waals surface area contributed by atoms with Crippen molar-refractivity contribution in [3.05, 3.63) is 29.8 Å². The zero-order valence-corrected chi connectivity index (χ0v) is 10.6. The van der Waals surface area contributed by atoms with Crippen LogP contribution in [0.5, 0.6) is 5.75 Å². The molecule has 0 radical (unpaired) electrons. The average Bonchev–Trinajstić information content (AvgIpc) is 2.28. The van der Waals surface area contributed by atoms with Crippen molar-refractivity contribution in [2.45, 2.75) is 20.3 Å². The zero-order chi connectivity index (χ0) is 11.8. The molecule has 16 heavy (non-hydrogen) atoms. The largest absolute Gasteiger partial charge is 0.492 e. The molecule has 2 heteroatoms. The molecule has 0 saturated carbocycles. The Morgan fingerprint density at radius 2 is 2.06 bits per heavy atom. The molecule has 1 aromatic rings. The van der Waals surface area contributed by atoms with Crippen molar-refractivity contribution in [3.63, 3.8) is 0 Å². The molecule has 0 saturated heterocycles. The number of para-hydroxylation sites is 1. The second-order valence-corrected chi connectivity index (χ2v) is 4.32. The Kier molecular flexibility index (Phi) is 5.82. The van der Waals surface area contributed by atoms with Gasteiger partial charge in [0.05, 0.1) is 12.2 Å². The predicted octanol–water partition coefficient (Wildman–Crippen LogP) is 3.70. The lowest BCUT2D eigenvalue weighted by molar-refractivity contribution is 0.270. The minimum atomic E-state index is 0.517. The molecular formula is C14H17ClO. The van der Waals surface area contributed by atoms with E-state index < -0.39 is 0 Å². The molecule has 0 N–H and O–H groups in total. The van der Waals surface area contributed by atoms with Crippen molar-refractivity contribution in [1.29, 1.82) is 0 Å². The van der Waals surface area contributed by atoms with Crippen molar-refractivity contribution in [2.24, 2.45) is 5.92 Å². The topological polar surface area (TPSA) is 9.23 Å². The highest BCUT2D eigenvalue weighted by Gasteiger charge is 2.01. The van der Waals surface area contributed by atoms with Crippen LogP contribution in [0.4, 0.5) is 0 Å². The first-order chi connectivity index (χ1) is 7.74. The zero-order valence-electron chi connectivity index (χ0n) is 9.79. The van der Waals surface area contributed by atoms with E-state index in [9.17, 15) is 0 Å². The minimum absolute atomic E-state index is 0.517. The van der Waals surface area contributed by atoms with Gasteiger partial charge in [0.15, 0.2) is 0 Å². The Morgan fingerprint density at radius 3 is 2.75 bits per heavy atom. The van der Waals surface area contributed by atoms with Gasteiger partial charge in [0.2, 0.25) is 0 Å². The van der Waals surface area contributed by atoms with Gasteiger partial charge in [0, 0.05) is 12.3 Å². The van der Waals surface area contributed by atoms with Gasteiger partial charge >= 0.3 is 0 Å². The van der Waals surface area contributed by atoms with E-state index >= 15 is 0 Å². The summed E-state index contributed by atoms with van der Waals surface area (Å²) in [6, 6.07) is 7.85. The summed E-state index contributed by atoms with van der Waals surface area (Å²) >= 11 is 5.58. The first-order valence-corrected chi connectivity index (χ1v) is 6.04. The lowest BCUT2D eigenvalue weighted by Gasteiger charge is -2.09. The standard InChI is InChI=1S/C14H17ClO/c1-12(2)11-16-14-9-4-3-7-13(14)8-5-6-10-15/h3-4,7,9,12H,6,10-11H2,1-2H3. The first-order valence-electron chi connectivity index (χ1n) is 5.50. The fraction of sp³-hybridized carbons (Fsp3) is 0.429. The molecule has 0 bridgehead atoms. The van der Waals surface area contributed by atoms with E-state index in [1.807, 2.05) is 24.3 Å². The maximum atomic E-state index is 5.69. The van der Waals surface area contributed by atoms with Crippen molar-refractivity contribution >= 4 is 11.6 Å². The van der Waals surface area contributed by atoms with Gasteiger partial charge in [-0.3, -0.25) is 0 Å². The molecule has 0 aliphatic carbocycles. The monoisotopic (exact) mass is 236 g/mol. The molecule has 1 nitrogen and oxygen atoms in total. The lowest BCUT2D eigenvalue weighted by atomic mass is 10.2. The number of hydrogen-bond acceptors (Lipinski definition) is 1. The van der Waals surface area contributed by atoms with Crippen molar-refractivity contribution in [1.82, 2.24) is 0 Å². The maximum absolute atomic E-state index is 5.69. The molecule has 0 amide bonds. The summed E-state index contributed by atoms with van der Waals surface area (Å²) in [7, 11) is 0. The van der Waals surface area contributed by atoms with E-state index in [1.165, 1.54) is 0 Å². The molecular weight excluding hydrogens is 220 g/mol. The second kappa shape index (κ2) is 7.19. The van der Waals surface area contributed by atoms with Crippen molar-refractivity contribution in [2.75, 3.05) is 12.5 Å². The summed E-state index contributed by atoms with van der Waals surface area (Å²) in [5, 5.41) is 0. The fourth-order valence-electron chi connectivity index (χ4n) is 1.16. The molecule has 0 fully saturated rings. The van der Waals surface area contributed by atoms with Crippen LogP contribution >= 0.6 is 11.6 Å². The number of hydrogen-bond donors (Lipinski definition) is 0. The Balaban J connectivity index is 2.72. The van der Waals surface area contributed by atoms with E-state index in [2.05, 4.69) is 25.7 Å². The van der Waals surface area contributed by atoms with Gasteiger partial charge in [-0.15, -0.1) is 11.6 Å². The molecule has 86 valence electrons. The molecule has 1 aromatic carbocycles. The molecule has 0 heterocycles. The quantitative estimate of drug-likeness (QED) is 0.572. The average molecular weight is 237 g/mol. The smallest absolute Gasteiger partial charge is 0.134 e. The Hall–Kier alpha value is -1.13. The van der Waals surface area contributed by atoms with E-state index in [1.54, 1.807) is 0 Å². The Bertz CT molecular complexity index is 374. The number of ether oxygens (including phenoxy) is 1. The third kappa shape index (κ3) is 4.59. The highest BCUT2D eigenvalue weighted by Crippen LogP contribution is 2.17. The Labute approximate surface area is 103 Å². The normalized spacial score (nSPS) is 9.75. The van der Waals surface area contributed by atoms with Gasteiger partial charge in [-0.2, -0.15) is 0 Å². The van der Waals surface area contributed by atoms with Gasteiger partial charge in [-0.1, -0.05) is 37.8 Å². The van der Waals surface area contributed by atoms with Crippen LogP contribution in [0.3, 0.4) is 0 Å². The highest BCUT2D eigenvalue weighted by atomic mass is 35.5. The summed E-state index contributed by atoms with van der Waals surface area (Å²) in [5.41, 5.74) is 0.938. The molecule has 0 aromatic heterocycles. The fourth-order valence-corrected chi connectivity index (χ4v) is 1.25. The van der Waals surface area contributed by atoms with Crippen LogP contribution in [0, 0.1) is 17.8 Å². The van der Waals surface area contributed by atoms with Crippen LogP contribution in [0.2, 0.25) is 0 Å². The molecule has 0 aliphatic heterocycles. The van der Waals surface area contributed by atoms with Crippen LogP contribution < -0.4 is 4.74 Å². The van der Waals surface area contributed by atoms with Gasteiger partial charge in [0.25, 0.3) is 0 Å². The van der Waals surface area contributed by atoms with Crippen LogP contribution in [0.1, 0.15) is 25.8 Å². The second-order valence-electron chi connectivity index (χ2n) is 3.94. The highest BCUT2D eigenvalue weighted by molar-refractivity contribution is 6.18. The van der Waals surface area contributed by atoms with E-state index in [0.717, 1.165) is 11.3 Å². The summed E-state index contributed by atoms with van der Waals surface area (Å²) in [6.07, 6.45) is 0.708. The summed E-state index contributed by atoms with van der Waals surface area (Å²) in [5.74, 6) is 8.04.